The van der Waals surface area contributed by atoms with Crippen molar-refractivity contribution < 1.29 is 9.90 Å². The second kappa shape index (κ2) is 4.52. The van der Waals surface area contributed by atoms with E-state index in [4.69, 9.17) is 0 Å². The van der Waals surface area contributed by atoms with E-state index >= 15 is 0 Å². The summed E-state index contributed by atoms with van der Waals surface area (Å²) in [6.07, 6.45) is 6.48. The molecule has 0 bridgehead atoms. The molecule has 1 aliphatic carbocycles. The average Bonchev–Trinajstić information content (AvgIpc) is 2.15. The smallest absolute Gasteiger partial charge is 0.219 e. The van der Waals surface area contributed by atoms with Gasteiger partial charge in [0, 0.05) is 13.5 Å². The molecule has 1 amide bonds. The van der Waals surface area contributed by atoms with Gasteiger partial charge in [0.1, 0.15) is 0 Å². The number of aliphatic hydroxyl groups excluding tert-OH is 1. The highest BCUT2D eigenvalue weighted by atomic mass is 16.3. The van der Waals surface area contributed by atoms with Crippen LogP contribution in [0.1, 0.15) is 45.4 Å². The van der Waals surface area contributed by atoms with Crippen LogP contribution in [0.2, 0.25) is 0 Å². The molecule has 3 heteroatoms. The highest BCUT2D eigenvalue weighted by molar-refractivity contribution is 5.73. The van der Waals surface area contributed by atoms with E-state index in [9.17, 15) is 9.90 Å². The van der Waals surface area contributed by atoms with Crippen LogP contribution in [0.5, 0.6) is 0 Å². The number of carbonyl (C=O) groups is 1. The average molecular weight is 211 g/mol. The molecule has 0 aromatic rings. The summed E-state index contributed by atoms with van der Waals surface area (Å²) in [5, 5.41) is 10.2. The largest absolute Gasteiger partial charge is 0.391 e. The van der Waals surface area contributed by atoms with Gasteiger partial charge in [0.25, 0.3) is 0 Å². The fourth-order valence-electron chi connectivity index (χ4n) is 2.80. The molecule has 0 radical (unpaired) electrons. The first-order chi connectivity index (χ1) is 7.20. The second-order valence-electron chi connectivity index (χ2n) is 4.96. The zero-order valence-corrected chi connectivity index (χ0v) is 9.48. The molecule has 0 aromatic heterocycles. The minimum absolute atomic E-state index is 0.0987. The van der Waals surface area contributed by atoms with E-state index in [1.54, 1.807) is 6.92 Å². The summed E-state index contributed by atoms with van der Waals surface area (Å²) in [6.45, 7) is 2.45. The molecule has 1 heterocycles. The Balaban J connectivity index is 1.99. The van der Waals surface area contributed by atoms with Crippen LogP contribution in [0.4, 0.5) is 0 Å². The van der Waals surface area contributed by atoms with Gasteiger partial charge in [-0.2, -0.15) is 0 Å². The Kier molecular flexibility index (Phi) is 3.29. The Morgan fingerprint density at radius 1 is 1.27 bits per heavy atom. The molecule has 0 aromatic carbocycles. The third kappa shape index (κ3) is 2.17. The maximum Gasteiger partial charge on any atom is 0.219 e. The summed E-state index contributed by atoms with van der Waals surface area (Å²) >= 11 is 0. The van der Waals surface area contributed by atoms with Crippen molar-refractivity contribution in [3.8, 4) is 0 Å². The number of piperidine rings is 1. The molecule has 2 aliphatic rings. The SMILES string of the molecule is CC(=O)N1CCCCC1C(O)C1CCC1. The van der Waals surface area contributed by atoms with Crippen molar-refractivity contribution in [2.75, 3.05) is 6.54 Å². The van der Waals surface area contributed by atoms with E-state index < -0.39 is 0 Å². The number of hydrogen-bond donors (Lipinski definition) is 1. The molecule has 3 nitrogen and oxygen atoms in total. The minimum atomic E-state index is -0.275. The Morgan fingerprint density at radius 2 is 2.00 bits per heavy atom. The molecule has 2 fully saturated rings. The lowest BCUT2D eigenvalue weighted by molar-refractivity contribution is -0.137. The van der Waals surface area contributed by atoms with Gasteiger partial charge in [0.05, 0.1) is 12.1 Å². The van der Waals surface area contributed by atoms with Crippen LogP contribution < -0.4 is 0 Å². The Hall–Kier alpha value is -0.570. The van der Waals surface area contributed by atoms with Gasteiger partial charge in [-0.25, -0.2) is 0 Å². The number of rotatable bonds is 2. The van der Waals surface area contributed by atoms with Crippen molar-refractivity contribution in [3.63, 3.8) is 0 Å². The van der Waals surface area contributed by atoms with E-state index in [0.717, 1.165) is 38.6 Å². The number of amides is 1. The summed E-state index contributed by atoms with van der Waals surface area (Å²) < 4.78 is 0. The molecule has 0 spiro atoms. The van der Waals surface area contributed by atoms with Gasteiger partial charge in [-0.05, 0) is 38.0 Å². The van der Waals surface area contributed by atoms with Gasteiger partial charge in [-0.15, -0.1) is 0 Å². The van der Waals surface area contributed by atoms with Crippen molar-refractivity contribution in [3.05, 3.63) is 0 Å². The molecule has 1 saturated carbocycles. The molecule has 86 valence electrons. The van der Waals surface area contributed by atoms with Crippen molar-refractivity contribution in [1.29, 1.82) is 0 Å². The molecule has 2 rings (SSSR count). The fourth-order valence-corrected chi connectivity index (χ4v) is 2.80. The van der Waals surface area contributed by atoms with Gasteiger partial charge in [0.15, 0.2) is 0 Å². The van der Waals surface area contributed by atoms with Crippen LogP contribution in [0.15, 0.2) is 0 Å². The second-order valence-corrected chi connectivity index (χ2v) is 4.96. The quantitative estimate of drug-likeness (QED) is 0.753. The summed E-state index contributed by atoms with van der Waals surface area (Å²) in [5.74, 6) is 0.577. The van der Waals surface area contributed by atoms with Gasteiger partial charge < -0.3 is 10.0 Å². The molecular weight excluding hydrogens is 190 g/mol. The zero-order valence-electron chi connectivity index (χ0n) is 9.48. The van der Waals surface area contributed by atoms with Crippen molar-refractivity contribution in [2.24, 2.45) is 5.92 Å². The van der Waals surface area contributed by atoms with E-state index in [1.807, 2.05) is 4.90 Å². The molecule has 15 heavy (non-hydrogen) atoms. The topological polar surface area (TPSA) is 40.5 Å². The number of nitrogens with zero attached hydrogens (tertiary/aromatic N) is 1. The van der Waals surface area contributed by atoms with E-state index in [1.165, 1.54) is 6.42 Å². The van der Waals surface area contributed by atoms with Crippen molar-refractivity contribution in [1.82, 2.24) is 4.90 Å². The van der Waals surface area contributed by atoms with Crippen LogP contribution in [0.3, 0.4) is 0 Å². The third-order valence-corrected chi connectivity index (χ3v) is 3.98. The third-order valence-electron chi connectivity index (χ3n) is 3.98. The van der Waals surface area contributed by atoms with Crippen LogP contribution in [0.25, 0.3) is 0 Å². The number of likely N-dealkylation sites (tertiary alicyclic amines) is 1. The number of hydrogen-bond acceptors (Lipinski definition) is 2. The predicted molar refractivity (Wildman–Crippen MR) is 58.4 cm³/mol. The Bertz CT molecular complexity index is 238. The van der Waals surface area contributed by atoms with Crippen LogP contribution in [0, 0.1) is 5.92 Å². The normalized spacial score (nSPS) is 29.7. The molecule has 2 atom stereocenters. The van der Waals surface area contributed by atoms with Crippen LogP contribution >= 0.6 is 0 Å². The maximum absolute atomic E-state index is 11.5. The van der Waals surface area contributed by atoms with Crippen LogP contribution in [-0.2, 0) is 4.79 Å². The minimum Gasteiger partial charge on any atom is -0.391 e. The first-order valence-corrected chi connectivity index (χ1v) is 6.15. The highest BCUT2D eigenvalue weighted by Crippen LogP contribution is 2.34. The van der Waals surface area contributed by atoms with Gasteiger partial charge in [-0.1, -0.05) is 6.42 Å². The molecule has 1 aliphatic heterocycles. The van der Waals surface area contributed by atoms with Crippen molar-refractivity contribution >= 4 is 5.91 Å². The number of carbonyl (C=O) groups excluding carboxylic acids is 1. The maximum atomic E-state index is 11.5. The van der Waals surface area contributed by atoms with Gasteiger partial charge >= 0.3 is 0 Å². The first kappa shape index (κ1) is 10.9. The van der Waals surface area contributed by atoms with Gasteiger partial charge in [0.2, 0.25) is 5.91 Å². The van der Waals surface area contributed by atoms with E-state index in [-0.39, 0.29) is 18.1 Å². The summed E-state index contributed by atoms with van der Waals surface area (Å²) in [5.41, 5.74) is 0. The summed E-state index contributed by atoms with van der Waals surface area (Å²) in [4.78, 5) is 13.3. The lowest BCUT2D eigenvalue weighted by Gasteiger charge is -2.43. The molecule has 2 unspecified atom stereocenters. The van der Waals surface area contributed by atoms with E-state index in [2.05, 4.69) is 0 Å². The zero-order chi connectivity index (χ0) is 10.8. The Morgan fingerprint density at radius 3 is 2.53 bits per heavy atom. The summed E-state index contributed by atoms with van der Waals surface area (Å²) in [6, 6.07) is 0.0987. The lowest BCUT2D eigenvalue weighted by atomic mass is 9.76. The standard InChI is InChI=1S/C12H21NO2/c1-9(14)13-8-3-2-7-11(13)12(15)10-5-4-6-10/h10-12,15H,2-8H2,1H3. The highest BCUT2D eigenvalue weighted by Gasteiger charge is 2.36. The summed E-state index contributed by atoms with van der Waals surface area (Å²) in [7, 11) is 0. The monoisotopic (exact) mass is 211 g/mol. The molecule has 1 saturated heterocycles. The fraction of sp³-hybridized carbons (Fsp3) is 0.917. The van der Waals surface area contributed by atoms with Gasteiger partial charge in [-0.3, -0.25) is 4.79 Å². The van der Waals surface area contributed by atoms with E-state index in [0.29, 0.717) is 5.92 Å². The van der Waals surface area contributed by atoms with Crippen molar-refractivity contribution in [2.45, 2.75) is 57.6 Å². The Labute approximate surface area is 91.5 Å². The lowest BCUT2D eigenvalue weighted by Crippen LogP contribution is -2.52. The first-order valence-electron chi connectivity index (χ1n) is 6.15. The number of aliphatic hydroxyl groups is 1. The van der Waals surface area contributed by atoms with Crippen LogP contribution in [-0.4, -0.2) is 34.6 Å². The molecule has 1 N–H and O–H groups in total. The molecular formula is C12H21NO2. The predicted octanol–water partition coefficient (Wildman–Crippen LogP) is 1.55.